The molecule has 0 bridgehead atoms. The van der Waals surface area contributed by atoms with E-state index in [9.17, 15) is 10.1 Å². The molecule has 3 nitrogen and oxygen atoms in total. The third kappa shape index (κ3) is 2.70. The molecule has 0 radical (unpaired) electrons. The van der Waals surface area contributed by atoms with Crippen molar-refractivity contribution in [3.05, 3.63) is 50.6 Å². The molecule has 2 aromatic rings. The minimum atomic E-state index is -0.830. The first-order valence-corrected chi connectivity index (χ1v) is 7.16. The Labute approximate surface area is 123 Å². The summed E-state index contributed by atoms with van der Waals surface area (Å²) in [7, 11) is 1.51. The summed E-state index contributed by atoms with van der Waals surface area (Å²) in [5, 5.41) is 11.1. The summed E-state index contributed by atoms with van der Waals surface area (Å²) in [6.07, 6.45) is 0. The Morgan fingerprint density at radius 3 is 2.79 bits per heavy atom. The molecular formula is C14H10BrNO2S. The number of Topliss-reactive ketones (excluding diaryl/α,β-unsaturated/α-hetero) is 1. The van der Waals surface area contributed by atoms with Crippen LogP contribution in [0.3, 0.4) is 0 Å². The maximum Gasteiger partial charge on any atom is 0.198 e. The van der Waals surface area contributed by atoms with Crippen LogP contribution in [-0.2, 0) is 0 Å². The van der Waals surface area contributed by atoms with Gasteiger partial charge in [-0.3, -0.25) is 4.79 Å². The van der Waals surface area contributed by atoms with Crippen molar-refractivity contribution in [3.63, 3.8) is 0 Å². The topological polar surface area (TPSA) is 50.1 Å². The van der Waals surface area contributed by atoms with E-state index in [4.69, 9.17) is 4.74 Å². The summed E-state index contributed by atoms with van der Waals surface area (Å²) in [4.78, 5) is 12.9. The average Bonchev–Trinajstić information content (AvgIpc) is 2.89. The Bertz CT molecular complexity index is 645. The van der Waals surface area contributed by atoms with Crippen molar-refractivity contribution < 1.29 is 9.53 Å². The lowest BCUT2D eigenvalue weighted by Gasteiger charge is -2.10. The van der Waals surface area contributed by atoms with E-state index in [1.165, 1.54) is 18.4 Å². The number of hydrogen-bond donors (Lipinski definition) is 0. The van der Waals surface area contributed by atoms with E-state index < -0.39 is 5.92 Å². The molecule has 0 aliphatic rings. The van der Waals surface area contributed by atoms with Gasteiger partial charge in [-0.2, -0.15) is 5.26 Å². The van der Waals surface area contributed by atoms with E-state index in [0.717, 1.165) is 4.47 Å². The van der Waals surface area contributed by atoms with Crippen molar-refractivity contribution in [2.45, 2.75) is 5.92 Å². The first-order valence-electron chi connectivity index (χ1n) is 5.48. The number of hydrogen-bond acceptors (Lipinski definition) is 4. The van der Waals surface area contributed by atoms with Gasteiger partial charge in [0.15, 0.2) is 5.78 Å². The molecule has 0 spiro atoms. The quantitative estimate of drug-likeness (QED) is 0.793. The number of benzene rings is 1. The second-order valence-electron chi connectivity index (χ2n) is 3.77. The summed E-state index contributed by atoms with van der Waals surface area (Å²) >= 11 is 4.66. The van der Waals surface area contributed by atoms with Gasteiger partial charge < -0.3 is 4.74 Å². The van der Waals surface area contributed by atoms with E-state index >= 15 is 0 Å². The van der Waals surface area contributed by atoms with Gasteiger partial charge in [0.05, 0.1) is 13.2 Å². The third-order valence-electron chi connectivity index (χ3n) is 2.68. The van der Waals surface area contributed by atoms with Crippen LogP contribution in [0.5, 0.6) is 5.75 Å². The lowest BCUT2D eigenvalue weighted by atomic mass is 9.95. The molecule has 2 rings (SSSR count). The predicted molar refractivity (Wildman–Crippen MR) is 77.7 cm³/mol. The Hall–Kier alpha value is -1.64. The van der Waals surface area contributed by atoms with Crippen LogP contribution in [0, 0.1) is 11.3 Å². The van der Waals surface area contributed by atoms with Crippen LogP contribution in [0.25, 0.3) is 0 Å². The normalized spacial score (nSPS) is 11.6. The highest BCUT2D eigenvalue weighted by Gasteiger charge is 2.26. The number of ether oxygens (including phenoxy) is 1. The molecule has 0 amide bonds. The van der Waals surface area contributed by atoms with Crippen LogP contribution in [0.15, 0.2) is 40.2 Å². The number of nitriles is 1. The van der Waals surface area contributed by atoms with E-state index in [1.807, 2.05) is 18.2 Å². The van der Waals surface area contributed by atoms with Crippen LogP contribution in [0.2, 0.25) is 0 Å². The molecule has 0 aliphatic carbocycles. The number of thiophene rings is 1. The average molecular weight is 336 g/mol. The molecular weight excluding hydrogens is 326 g/mol. The van der Waals surface area contributed by atoms with Crippen molar-refractivity contribution >= 4 is 33.0 Å². The van der Waals surface area contributed by atoms with Crippen LogP contribution >= 0.6 is 27.3 Å². The molecule has 1 unspecified atom stereocenters. The molecule has 1 heterocycles. The Morgan fingerprint density at radius 2 is 2.16 bits per heavy atom. The molecule has 0 saturated carbocycles. The summed E-state index contributed by atoms with van der Waals surface area (Å²) < 4.78 is 5.89. The number of rotatable bonds is 4. The third-order valence-corrected chi connectivity index (χ3v) is 4.31. The van der Waals surface area contributed by atoms with Crippen LogP contribution in [-0.4, -0.2) is 12.9 Å². The molecule has 5 heteroatoms. The number of ketones is 1. The van der Waals surface area contributed by atoms with Gasteiger partial charge in [0.2, 0.25) is 0 Å². The fourth-order valence-corrected chi connectivity index (χ4v) is 3.09. The lowest BCUT2D eigenvalue weighted by Crippen LogP contribution is -2.11. The largest absolute Gasteiger partial charge is 0.495 e. The number of carbonyl (C=O) groups excluding carboxylic acids is 1. The Kier molecular flexibility index (Phi) is 4.35. The zero-order valence-corrected chi connectivity index (χ0v) is 12.5. The molecule has 0 N–H and O–H groups in total. The minimum absolute atomic E-state index is 0.235. The summed E-state index contributed by atoms with van der Waals surface area (Å²) in [6, 6.07) is 11.0. The monoisotopic (exact) mass is 335 g/mol. The van der Waals surface area contributed by atoms with Gasteiger partial charge in [-0.1, -0.05) is 34.1 Å². The highest BCUT2D eigenvalue weighted by atomic mass is 79.9. The number of carbonyl (C=O) groups is 1. The van der Waals surface area contributed by atoms with Gasteiger partial charge in [-0.25, -0.2) is 0 Å². The van der Waals surface area contributed by atoms with E-state index in [-0.39, 0.29) is 5.78 Å². The standard InChI is InChI=1S/C14H10BrNO2S/c1-18-12-6-7-19-14(12)13(17)10(8-16)9-4-2-3-5-11(9)15/h2-7,10H,1H3. The number of halogens is 1. The van der Waals surface area contributed by atoms with Crippen LogP contribution < -0.4 is 4.74 Å². The molecule has 1 aromatic carbocycles. The Balaban J connectivity index is 2.42. The number of nitrogens with zero attached hydrogens (tertiary/aromatic N) is 1. The van der Waals surface area contributed by atoms with Gasteiger partial charge in [0.25, 0.3) is 0 Å². The van der Waals surface area contributed by atoms with Crippen molar-refractivity contribution in [1.29, 1.82) is 5.26 Å². The maximum absolute atomic E-state index is 12.5. The summed E-state index contributed by atoms with van der Waals surface area (Å²) in [5.74, 6) is -0.549. The van der Waals surface area contributed by atoms with Gasteiger partial charge in [0.1, 0.15) is 16.5 Å². The fraction of sp³-hybridized carbons (Fsp3) is 0.143. The van der Waals surface area contributed by atoms with Crippen molar-refractivity contribution in [1.82, 2.24) is 0 Å². The first kappa shape index (κ1) is 13.8. The second-order valence-corrected chi connectivity index (χ2v) is 5.54. The summed E-state index contributed by atoms with van der Waals surface area (Å²) in [6.45, 7) is 0. The van der Waals surface area contributed by atoms with Gasteiger partial charge in [0, 0.05) is 4.47 Å². The smallest absolute Gasteiger partial charge is 0.198 e. The number of methoxy groups -OCH3 is 1. The minimum Gasteiger partial charge on any atom is -0.495 e. The molecule has 96 valence electrons. The molecule has 1 aromatic heterocycles. The zero-order valence-electron chi connectivity index (χ0n) is 10.1. The maximum atomic E-state index is 12.5. The summed E-state index contributed by atoms with van der Waals surface area (Å²) in [5.41, 5.74) is 0.672. The SMILES string of the molecule is COc1ccsc1C(=O)C(C#N)c1ccccc1Br. The van der Waals surface area contributed by atoms with Crippen LogP contribution in [0.1, 0.15) is 21.2 Å². The first-order chi connectivity index (χ1) is 9.19. The van der Waals surface area contributed by atoms with E-state index in [1.54, 1.807) is 17.5 Å². The zero-order chi connectivity index (χ0) is 13.8. The second kappa shape index (κ2) is 6.00. The van der Waals surface area contributed by atoms with Crippen molar-refractivity contribution in [2.24, 2.45) is 0 Å². The van der Waals surface area contributed by atoms with Gasteiger partial charge in [-0.05, 0) is 23.1 Å². The molecule has 0 saturated heterocycles. The van der Waals surface area contributed by atoms with Gasteiger partial charge in [-0.15, -0.1) is 11.3 Å². The molecule has 1 atom stereocenters. The highest BCUT2D eigenvalue weighted by molar-refractivity contribution is 9.10. The fourth-order valence-electron chi connectivity index (χ4n) is 1.75. The van der Waals surface area contributed by atoms with E-state index in [2.05, 4.69) is 22.0 Å². The highest BCUT2D eigenvalue weighted by Crippen LogP contribution is 2.33. The van der Waals surface area contributed by atoms with Crippen LogP contribution in [0.4, 0.5) is 0 Å². The molecule has 0 fully saturated rings. The van der Waals surface area contributed by atoms with Crippen molar-refractivity contribution in [2.75, 3.05) is 7.11 Å². The molecule has 19 heavy (non-hydrogen) atoms. The molecule has 0 aliphatic heterocycles. The van der Waals surface area contributed by atoms with E-state index in [0.29, 0.717) is 16.2 Å². The predicted octanol–water partition coefficient (Wildman–Crippen LogP) is 4.01. The lowest BCUT2D eigenvalue weighted by molar-refractivity contribution is 0.0980. The van der Waals surface area contributed by atoms with Gasteiger partial charge >= 0.3 is 0 Å². The van der Waals surface area contributed by atoms with Crippen molar-refractivity contribution in [3.8, 4) is 11.8 Å². The Morgan fingerprint density at radius 1 is 1.42 bits per heavy atom.